The van der Waals surface area contributed by atoms with Gasteiger partial charge in [0.1, 0.15) is 11.9 Å². The number of hydrogen-bond acceptors (Lipinski definition) is 5. The van der Waals surface area contributed by atoms with E-state index in [2.05, 4.69) is 10.6 Å². The summed E-state index contributed by atoms with van der Waals surface area (Å²) in [7, 11) is 0. The molecule has 0 aromatic carbocycles. The van der Waals surface area contributed by atoms with Crippen molar-refractivity contribution in [2.75, 3.05) is 32.8 Å². The van der Waals surface area contributed by atoms with E-state index in [9.17, 15) is 9.59 Å². The highest BCUT2D eigenvalue weighted by Gasteiger charge is 2.26. The van der Waals surface area contributed by atoms with Crippen LogP contribution in [0.25, 0.3) is 0 Å². The number of nitrogens with one attached hydrogen (secondary N) is 2. The summed E-state index contributed by atoms with van der Waals surface area (Å²) in [5.74, 6) is 0.646. The highest BCUT2D eigenvalue weighted by Crippen LogP contribution is 2.22. The van der Waals surface area contributed by atoms with Gasteiger partial charge >= 0.3 is 6.03 Å². The molecule has 0 radical (unpaired) electrons. The molecule has 128 valence electrons. The monoisotopic (exact) mass is 333 g/mol. The molecule has 0 saturated carbocycles. The van der Waals surface area contributed by atoms with Crippen LogP contribution in [0.15, 0.2) is 45.6 Å². The zero-order valence-electron chi connectivity index (χ0n) is 13.1. The van der Waals surface area contributed by atoms with Crippen LogP contribution in [0.2, 0.25) is 0 Å². The maximum absolute atomic E-state index is 12.2. The number of hydrogen-bond donors (Lipinski definition) is 2. The lowest BCUT2D eigenvalue weighted by Gasteiger charge is -2.32. The zero-order valence-corrected chi connectivity index (χ0v) is 13.1. The van der Waals surface area contributed by atoms with Crippen molar-refractivity contribution in [1.29, 1.82) is 0 Å². The molecule has 0 aliphatic carbocycles. The predicted octanol–water partition coefficient (Wildman–Crippen LogP) is 1.39. The van der Waals surface area contributed by atoms with Crippen LogP contribution in [-0.2, 0) is 4.74 Å². The third-order valence-electron chi connectivity index (χ3n) is 3.65. The molecule has 1 aliphatic heterocycles. The SMILES string of the molecule is O=C(NCCNC(=O)N1CCO[C@@H](c2ccco2)C1)c1ccco1. The van der Waals surface area contributed by atoms with Gasteiger partial charge in [-0.05, 0) is 24.3 Å². The number of morpholine rings is 1. The predicted molar refractivity (Wildman–Crippen MR) is 83.4 cm³/mol. The lowest BCUT2D eigenvalue weighted by atomic mass is 10.2. The smallest absolute Gasteiger partial charge is 0.317 e. The van der Waals surface area contributed by atoms with Gasteiger partial charge < -0.3 is 29.1 Å². The van der Waals surface area contributed by atoms with Gasteiger partial charge in [-0.2, -0.15) is 0 Å². The molecule has 8 heteroatoms. The van der Waals surface area contributed by atoms with E-state index in [0.29, 0.717) is 38.5 Å². The first-order chi connectivity index (χ1) is 11.7. The number of ether oxygens (including phenoxy) is 1. The quantitative estimate of drug-likeness (QED) is 0.806. The molecular formula is C16H19N3O5. The topological polar surface area (TPSA) is 97.0 Å². The number of carbonyl (C=O) groups excluding carboxylic acids is 2. The molecule has 3 heterocycles. The molecule has 0 unspecified atom stereocenters. The van der Waals surface area contributed by atoms with Crippen LogP contribution >= 0.6 is 0 Å². The van der Waals surface area contributed by atoms with Crippen LogP contribution in [0.5, 0.6) is 0 Å². The van der Waals surface area contributed by atoms with Crippen molar-refractivity contribution in [2.24, 2.45) is 0 Å². The molecule has 3 amide bonds. The van der Waals surface area contributed by atoms with Gasteiger partial charge in [0.2, 0.25) is 0 Å². The molecule has 1 fully saturated rings. The first-order valence-corrected chi connectivity index (χ1v) is 7.73. The van der Waals surface area contributed by atoms with Crippen molar-refractivity contribution in [3.8, 4) is 0 Å². The van der Waals surface area contributed by atoms with Crippen LogP contribution in [0.4, 0.5) is 4.79 Å². The van der Waals surface area contributed by atoms with E-state index < -0.39 is 0 Å². The summed E-state index contributed by atoms with van der Waals surface area (Å²) in [5, 5.41) is 5.44. The van der Waals surface area contributed by atoms with Crippen LogP contribution in [0.1, 0.15) is 22.4 Å². The minimum absolute atomic E-state index is 0.192. The van der Waals surface area contributed by atoms with Crippen LogP contribution in [-0.4, -0.2) is 49.6 Å². The van der Waals surface area contributed by atoms with Crippen molar-refractivity contribution >= 4 is 11.9 Å². The number of amides is 3. The first-order valence-electron chi connectivity index (χ1n) is 7.73. The maximum Gasteiger partial charge on any atom is 0.317 e. The van der Waals surface area contributed by atoms with Gasteiger partial charge in [0.15, 0.2) is 5.76 Å². The summed E-state index contributed by atoms with van der Waals surface area (Å²) in [5.41, 5.74) is 0. The summed E-state index contributed by atoms with van der Waals surface area (Å²) < 4.78 is 15.9. The van der Waals surface area contributed by atoms with Crippen molar-refractivity contribution in [3.63, 3.8) is 0 Å². The fourth-order valence-electron chi connectivity index (χ4n) is 2.43. The number of rotatable bonds is 5. The highest BCUT2D eigenvalue weighted by atomic mass is 16.5. The van der Waals surface area contributed by atoms with Crippen LogP contribution < -0.4 is 10.6 Å². The summed E-state index contributed by atoms with van der Waals surface area (Å²) in [6.07, 6.45) is 2.77. The molecule has 1 aliphatic rings. The Hall–Kier alpha value is -2.74. The lowest BCUT2D eigenvalue weighted by Crippen LogP contribution is -2.48. The van der Waals surface area contributed by atoms with Crippen LogP contribution in [0.3, 0.4) is 0 Å². The average Bonchev–Trinajstić information content (AvgIpc) is 3.32. The molecule has 2 aromatic rings. The number of furan rings is 2. The van der Waals surface area contributed by atoms with Crippen molar-refractivity contribution in [1.82, 2.24) is 15.5 Å². The van der Waals surface area contributed by atoms with Gasteiger partial charge in [0, 0.05) is 19.6 Å². The standard InChI is InChI=1S/C16H19N3O5/c20-15(13-4-2-9-23-13)17-5-6-18-16(21)19-7-10-24-14(11-19)12-3-1-8-22-12/h1-4,8-9,14H,5-7,10-11H2,(H,17,20)(H,18,21)/t14-/m1/s1. The molecule has 24 heavy (non-hydrogen) atoms. The van der Waals surface area contributed by atoms with Gasteiger partial charge in [0.05, 0.1) is 25.7 Å². The van der Waals surface area contributed by atoms with E-state index in [1.165, 1.54) is 6.26 Å². The Kier molecular flexibility index (Phi) is 5.17. The van der Waals surface area contributed by atoms with Crippen LogP contribution in [0, 0.1) is 0 Å². The second-order valence-electron chi connectivity index (χ2n) is 5.29. The minimum Gasteiger partial charge on any atom is -0.467 e. The highest BCUT2D eigenvalue weighted by molar-refractivity contribution is 5.91. The summed E-state index contributed by atoms with van der Waals surface area (Å²) in [6.45, 7) is 2.04. The maximum atomic E-state index is 12.2. The Morgan fingerprint density at radius 1 is 1.12 bits per heavy atom. The molecular weight excluding hydrogens is 314 g/mol. The lowest BCUT2D eigenvalue weighted by molar-refractivity contribution is -0.0259. The Balaban J connectivity index is 1.39. The molecule has 1 saturated heterocycles. The fraction of sp³-hybridized carbons (Fsp3) is 0.375. The summed E-state index contributed by atoms with van der Waals surface area (Å²) in [6, 6.07) is 6.65. The summed E-state index contributed by atoms with van der Waals surface area (Å²) in [4.78, 5) is 25.5. The fourth-order valence-corrected chi connectivity index (χ4v) is 2.43. The van der Waals surface area contributed by atoms with E-state index >= 15 is 0 Å². The summed E-state index contributed by atoms with van der Waals surface area (Å²) >= 11 is 0. The Labute approximate surface area is 138 Å². The third kappa shape index (κ3) is 3.96. The molecule has 0 bridgehead atoms. The minimum atomic E-state index is -0.307. The molecule has 1 atom stereocenters. The third-order valence-corrected chi connectivity index (χ3v) is 3.65. The average molecular weight is 333 g/mol. The number of urea groups is 1. The molecule has 8 nitrogen and oxygen atoms in total. The number of carbonyl (C=O) groups is 2. The molecule has 2 aromatic heterocycles. The first kappa shape index (κ1) is 16.1. The number of nitrogens with zero attached hydrogens (tertiary/aromatic N) is 1. The van der Waals surface area contributed by atoms with Gasteiger partial charge in [-0.15, -0.1) is 0 Å². The van der Waals surface area contributed by atoms with Gasteiger partial charge in [-0.3, -0.25) is 4.79 Å². The van der Waals surface area contributed by atoms with Gasteiger partial charge in [-0.25, -0.2) is 4.79 Å². The van der Waals surface area contributed by atoms with Crippen molar-refractivity contribution < 1.29 is 23.2 Å². The van der Waals surface area contributed by atoms with E-state index in [1.54, 1.807) is 29.4 Å². The van der Waals surface area contributed by atoms with Gasteiger partial charge in [-0.1, -0.05) is 0 Å². The van der Waals surface area contributed by atoms with E-state index in [1.807, 2.05) is 6.07 Å². The molecule has 2 N–H and O–H groups in total. The normalized spacial score (nSPS) is 17.5. The Morgan fingerprint density at radius 3 is 2.67 bits per heavy atom. The van der Waals surface area contributed by atoms with E-state index in [0.717, 1.165) is 0 Å². The van der Waals surface area contributed by atoms with Gasteiger partial charge in [0.25, 0.3) is 5.91 Å². The molecule has 0 spiro atoms. The Bertz CT molecular complexity index is 653. The second-order valence-corrected chi connectivity index (χ2v) is 5.29. The van der Waals surface area contributed by atoms with E-state index in [-0.39, 0.29) is 23.8 Å². The largest absolute Gasteiger partial charge is 0.467 e. The zero-order chi connectivity index (χ0) is 16.8. The Morgan fingerprint density at radius 2 is 1.92 bits per heavy atom. The van der Waals surface area contributed by atoms with Crippen molar-refractivity contribution in [2.45, 2.75) is 6.10 Å². The van der Waals surface area contributed by atoms with E-state index in [4.69, 9.17) is 13.6 Å². The van der Waals surface area contributed by atoms with Crippen molar-refractivity contribution in [3.05, 3.63) is 48.3 Å². The second kappa shape index (κ2) is 7.69. The molecule has 3 rings (SSSR count).